The first-order valence-corrected chi connectivity index (χ1v) is 8.26. The highest BCUT2D eigenvalue weighted by Gasteiger charge is 2.39. The van der Waals surface area contributed by atoms with Crippen LogP contribution in [0.15, 0.2) is 23.1 Å². The molecule has 2 rings (SSSR count). The van der Waals surface area contributed by atoms with E-state index in [0.29, 0.717) is 5.92 Å². The van der Waals surface area contributed by atoms with Crippen LogP contribution in [0, 0.1) is 5.92 Å². The number of carboxylic acids is 1. The van der Waals surface area contributed by atoms with Crippen molar-refractivity contribution in [2.45, 2.75) is 37.1 Å². The minimum atomic E-state index is -3.64. The quantitative estimate of drug-likeness (QED) is 0.844. The standard InChI is InChI=1S/C13H16ClNO4S/c1-2-3-8-6-12(8)15-20(18,19)9-4-5-10(13(16)17)11(14)7-9/h4-5,7-8,12,15H,2-3,6H2,1H3,(H,16,17). The van der Waals surface area contributed by atoms with Crippen molar-refractivity contribution in [1.29, 1.82) is 0 Å². The Morgan fingerprint density at radius 2 is 2.20 bits per heavy atom. The van der Waals surface area contributed by atoms with Crippen LogP contribution in [0.4, 0.5) is 0 Å². The summed E-state index contributed by atoms with van der Waals surface area (Å²) in [6, 6.07) is 3.62. The number of carbonyl (C=O) groups is 1. The molecule has 0 amide bonds. The van der Waals surface area contributed by atoms with Crippen LogP contribution in [0.1, 0.15) is 36.5 Å². The van der Waals surface area contributed by atoms with Crippen molar-refractivity contribution in [3.05, 3.63) is 28.8 Å². The summed E-state index contributed by atoms with van der Waals surface area (Å²) in [5.74, 6) is -0.777. The van der Waals surface area contributed by atoms with Crippen molar-refractivity contribution in [2.24, 2.45) is 5.92 Å². The van der Waals surface area contributed by atoms with Crippen LogP contribution in [0.2, 0.25) is 5.02 Å². The molecule has 20 heavy (non-hydrogen) atoms. The lowest BCUT2D eigenvalue weighted by atomic mass is 10.2. The van der Waals surface area contributed by atoms with E-state index in [4.69, 9.17) is 16.7 Å². The molecule has 1 aliphatic rings. The normalized spacial score (nSPS) is 21.7. The average Bonchev–Trinajstić information content (AvgIpc) is 3.06. The van der Waals surface area contributed by atoms with Crippen molar-refractivity contribution in [2.75, 3.05) is 0 Å². The van der Waals surface area contributed by atoms with Gasteiger partial charge in [-0.1, -0.05) is 24.9 Å². The third-order valence-corrected chi connectivity index (χ3v) is 5.17. The highest BCUT2D eigenvalue weighted by atomic mass is 35.5. The largest absolute Gasteiger partial charge is 0.478 e. The Balaban J connectivity index is 2.14. The molecule has 2 atom stereocenters. The summed E-state index contributed by atoms with van der Waals surface area (Å²) in [4.78, 5) is 10.8. The average molecular weight is 318 g/mol. The molecule has 0 heterocycles. The second-order valence-corrected chi connectivity index (χ2v) is 7.08. The Labute approximate surface area is 123 Å². The molecule has 0 saturated heterocycles. The number of hydrogen-bond acceptors (Lipinski definition) is 3. The van der Waals surface area contributed by atoms with Crippen LogP contribution in [0.3, 0.4) is 0 Å². The fraction of sp³-hybridized carbons (Fsp3) is 0.462. The Kier molecular flexibility index (Phi) is 4.36. The molecular formula is C13H16ClNO4S. The zero-order valence-corrected chi connectivity index (χ0v) is 12.5. The van der Waals surface area contributed by atoms with Crippen molar-refractivity contribution in [3.8, 4) is 0 Å². The Morgan fingerprint density at radius 3 is 2.75 bits per heavy atom. The molecule has 110 valence electrons. The fourth-order valence-corrected chi connectivity index (χ4v) is 3.86. The maximum absolute atomic E-state index is 12.1. The van der Waals surface area contributed by atoms with Crippen LogP contribution < -0.4 is 4.72 Å². The highest BCUT2D eigenvalue weighted by molar-refractivity contribution is 7.89. The number of nitrogens with one attached hydrogen (secondary N) is 1. The van der Waals surface area contributed by atoms with E-state index >= 15 is 0 Å². The van der Waals surface area contributed by atoms with E-state index in [1.807, 2.05) is 0 Å². The van der Waals surface area contributed by atoms with E-state index in [9.17, 15) is 13.2 Å². The molecular weight excluding hydrogens is 302 g/mol. The predicted molar refractivity (Wildman–Crippen MR) is 75.5 cm³/mol. The second kappa shape index (κ2) is 5.71. The zero-order valence-electron chi connectivity index (χ0n) is 11.0. The van der Waals surface area contributed by atoms with Gasteiger partial charge in [-0.05, 0) is 37.0 Å². The number of benzene rings is 1. The van der Waals surface area contributed by atoms with Crippen LogP contribution >= 0.6 is 11.6 Å². The van der Waals surface area contributed by atoms with Gasteiger partial charge in [-0.15, -0.1) is 0 Å². The van der Waals surface area contributed by atoms with Crippen LogP contribution in [-0.4, -0.2) is 25.5 Å². The summed E-state index contributed by atoms with van der Waals surface area (Å²) in [5.41, 5.74) is -0.110. The molecule has 2 N–H and O–H groups in total. The van der Waals surface area contributed by atoms with Gasteiger partial charge in [0, 0.05) is 6.04 Å². The van der Waals surface area contributed by atoms with E-state index in [2.05, 4.69) is 11.6 Å². The smallest absolute Gasteiger partial charge is 0.337 e. The molecule has 1 fully saturated rings. The fourth-order valence-electron chi connectivity index (χ4n) is 2.19. The van der Waals surface area contributed by atoms with Gasteiger partial charge in [0.25, 0.3) is 0 Å². The van der Waals surface area contributed by atoms with E-state index in [0.717, 1.165) is 19.3 Å². The molecule has 0 radical (unpaired) electrons. The first kappa shape index (κ1) is 15.3. The van der Waals surface area contributed by atoms with Crippen molar-refractivity contribution >= 4 is 27.6 Å². The molecule has 2 unspecified atom stereocenters. The van der Waals surface area contributed by atoms with Crippen LogP contribution in [0.25, 0.3) is 0 Å². The van der Waals surface area contributed by atoms with Gasteiger partial charge in [0.05, 0.1) is 15.5 Å². The topological polar surface area (TPSA) is 83.5 Å². The minimum Gasteiger partial charge on any atom is -0.478 e. The second-order valence-electron chi connectivity index (χ2n) is 4.96. The van der Waals surface area contributed by atoms with Crippen molar-refractivity contribution < 1.29 is 18.3 Å². The molecule has 0 spiro atoms. The molecule has 1 aliphatic carbocycles. The third-order valence-electron chi connectivity index (χ3n) is 3.37. The molecule has 0 aliphatic heterocycles. The SMILES string of the molecule is CCCC1CC1NS(=O)(=O)c1ccc(C(=O)O)c(Cl)c1. The monoisotopic (exact) mass is 317 g/mol. The van der Waals surface area contributed by atoms with Gasteiger partial charge in [0.15, 0.2) is 0 Å². The van der Waals surface area contributed by atoms with Gasteiger partial charge in [0.1, 0.15) is 0 Å². The first-order chi connectivity index (χ1) is 9.35. The maximum atomic E-state index is 12.1. The number of rotatable bonds is 6. The summed E-state index contributed by atoms with van der Waals surface area (Å²) in [7, 11) is -3.64. The Hall–Kier alpha value is -1.11. The van der Waals surface area contributed by atoms with E-state index in [-0.39, 0.29) is 21.5 Å². The molecule has 1 saturated carbocycles. The maximum Gasteiger partial charge on any atom is 0.337 e. The zero-order chi connectivity index (χ0) is 14.9. The molecule has 5 nitrogen and oxygen atoms in total. The van der Waals surface area contributed by atoms with Gasteiger partial charge in [-0.3, -0.25) is 0 Å². The Morgan fingerprint density at radius 1 is 1.50 bits per heavy atom. The number of aromatic carboxylic acids is 1. The summed E-state index contributed by atoms with van der Waals surface area (Å²) < 4.78 is 26.9. The summed E-state index contributed by atoms with van der Waals surface area (Å²) in [6.07, 6.45) is 2.89. The summed E-state index contributed by atoms with van der Waals surface area (Å²) >= 11 is 5.79. The molecule has 0 bridgehead atoms. The minimum absolute atomic E-state index is 0.00496. The van der Waals surface area contributed by atoms with Crippen molar-refractivity contribution in [3.63, 3.8) is 0 Å². The molecule has 0 aromatic heterocycles. The number of sulfonamides is 1. The van der Waals surface area contributed by atoms with E-state index < -0.39 is 16.0 Å². The van der Waals surface area contributed by atoms with Gasteiger partial charge in [-0.2, -0.15) is 0 Å². The highest BCUT2D eigenvalue weighted by Crippen LogP contribution is 2.35. The third kappa shape index (κ3) is 3.31. The van der Waals surface area contributed by atoms with Gasteiger partial charge in [0.2, 0.25) is 10.0 Å². The summed E-state index contributed by atoms with van der Waals surface area (Å²) in [6.45, 7) is 2.06. The lowest BCUT2D eigenvalue weighted by molar-refractivity contribution is 0.0697. The van der Waals surface area contributed by atoms with E-state index in [1.165, 1.54) is 18.2 Å². The predicted octanol–water partition coefficient (Wildman–Crippen LogP) is 2.51. The van der Waals surface area contributed by atoms with Gasteiger partial charge >= 0.3 is 5.97 Å². The first-order valence-electron chi connectivity index (χ1n) is 6.40. The molecule has 7 heteroatoms. The molecule has 1 aromatic rings. The van der Waals surface area contributed by atoms with Crippen molar-refractivity contribution in [1.82, 2.24) is 4.72 Å². The lowest BCUT2D eigenvalue weighted by Crippen LogP contribution is -2.27. The number of carboxylic acid groups (broad SMARTS) is 1. The van der Waals surface area contributed by atoms with E-state index in [1.54, 1.807) is 0 Å². The Bertz CT molecular complexity index is 629. The van der Waals surface area contributed by atoms with Gasteiger partial charge in [-0.25, -0.2) is 17.9 Å². The van der Waals surface area contributed by atoms with Crippen LogP contribution in [0.5, 0.6) is 0 Å². The molecule has 1 aromatic carbocycles. The van der Waals surface area contributed by atoms with Crippen LogP contribution in [-0.2, 0) is 10.0 Å². The number of hydrogen-bond donors (Lipinski definition) is 2. The van der Waals surface area contributed by atoms with Gasteiger partial charge < -0.3 is 5.11 Å². The number of halogens is 1. The summed E-state index contributed by atoms with van der Waals surface area (Å²) in [5, 5.41) is 8.78. The lowest BCUT2D eigenvalue weighted by Gasteiger charge is -2.08.